The van der Waals surface area contributed by atoms with Crippen LogP contribution in [0.4, 0.5) is 5.69 Å². The van der Waals surface area contributed by atoms with Crippen LogP contribution in [-0.2, 0) is 5.75 Å². The number of nitrogens with zero attached hydrogens (tertiary/aromatic N) is 5. The summed E-state index contributed by atoms with van der Waals surface area (Å²) < 4.78 is 7.04. The van der Waals surface area contributed by atoms with Gasteiger partial charge in [-0.25, -0.2) is 4.98 Å². The first kappa shape index (κ1) is 22.5. The Balaban J connectivity index is 1.50. The van der Waals surface area contributed by atoms with Gasteiger partial charge in [0.15, 0.2) is 5.16 Å². The van der Waals surface area contributed by atoms with Crippen molar-refractivity contribution in [3.05, 3.63) is 104 Å². The van der Waals surface area contributed by atoms with E-state index in [9.17, 15) is 14.9 Å². The van der Waals surface area contributed by atoms with Crippen molar-refractivity contribution in [2.24, 2.45) is 0 Å². The number of nitro groups is 1. The first-order valence-corrected chi connectivity index (χ1v) is 11.7. The number of para-hydroxylation sites is 2. The highest BCUT2D eigenvalue weighted by Crippen LogP contribution is 2.28. The van der Waals surface area contributed by atoms with Crippen molar-refractivity contribution in [2.45, 2.75) is 24.8 Å². The molecule has 2 heterocycles. The molecular formula is C25H19N5O4S. The molecule has 0 N–H and O–H groups in total. The molecule has 5 rings (SSSR count). The number of aryl methyl sites for hydroxylation is 2. The average Bonchev–Trinajstić information content (AvgIpc) is 3.33. The van der Waals surface area contributed by atoms with Gasteiger partial charge in [0.2, 0.25) is 11.7 Å². The number of rotatable bonds is 6. The lowest BCUT2D eigenvalue weighted by molar-refractivity contribution is -0.384. The van der Waals surface area contributed by atoms with E-state index in [1.165, 1.54) is 23.9 Å². The van der Waals surface area contributed by atoms with Crippen LogP contribution in [0.15, 0.2) is 81.2 Å². The Morgan fingerprint density at radius 3 is 2.40 bits per heavy atom. The molecule has 0 bridgehead atoms. The van der Waals surface area contributed by atoms with E-state index >= 15 is 0 Å². The van der Waals surface area contributed by atoms with Crippen LogP contribution in [0, 0.1) is 24.0 Å². The molecule has 2 aromatic heterocycles. The fourth-order valence-corrected chi connectivity index (χ4v) is 4.69. The van der Waals surface area contributed by atoms with E-state index in [4.69, 9.17) is 9.51 Å². The topological polar surface area (TPSA) is 117 Å². The zero-order valence-corrected chi connectivity index (χ0v) is 19.7. The Hall–Kier alpha value is -4.31. The lowest BCUT2D eigenvalue weighted by atomic mass is 10.1. The van der Waals surface area contributed by atoms with Gasteiger partial charge in [0.25, 0.3) is 11.2 Å². The van der Waals surface area contributed by atoms with Crippen LogP contribution in [0.25, 0.3) is 28.0 Å². The molecule has 0 spiro atoms. The summed E-state index contributed by atoms with van der Waals surface area (Å²) in [5.41, 5.74) is 3.78. The first-order valence-electron chi connectivity index (χ1n) is 10.7. The third-order valence-corrected chi connectivity index (χ3v) is 6.46. The second kappa shape index (κ2) is 9.15. The third kappa shape index (κ3) is 4.31. The number of aromatic nitrogens is 4. The Morgan fingerprint density at radius 1 is 0.971 bits per heavy atom. The maximum atomic E-state index is 13.5. The van der Waals surface area contributed by atoms with Crippen molar-refractivity contribution in [3.63, 3.8) is 0 Å². The highest BCUT2D eigenvalue weighted by molar-refractivity contribution is 7.98. The monoisotopic (exact) mass is 485 g/mol. The summed E-state index contributed by atoms with van der Waals surface area (Å²) in [4.78, 5) is 33.1. The predicted molar refractivity (Wildman–Crippen MR) is 133 cm³/mol. The van der Waals surface area contributed by atoms with Gasteiger partial charge in [0.1, 0.15) is 0 Å². The SMILES string of the molecule is Cc1cccc(C)c1-n1c(SCc2nc(-c3ccc([N+](=O)[O-])cc3)no2)nc2ccccc2c1=O. The second-order valence-electron chi connectivity index (χ2n) is 7.90. The van der Waals surface area contributed by atoms with Crippen LogP contribution in [0.3, 0.4) is 0 Å². The molecule has 3 aromatic carbocycles. The molecular weight excluding hydrogens is 466 g/mol. The van der Waals surface area contributed by atoms with Crippen LogP contribution in [-0.4, -0.2) is 24.6 Å². The average molecular weight is 486 g/mol. The molecule has 0 aliphatic rings. The zero-order valence-electron chi connectivity index (χ0n) is 18.8. The van der Waals surface area contributed by atoms with E-state index in [0.717, 1.165) is 16.8 Å². The van der Waals surface area contributed by atoms with Gasteiger partial charge in [-0.1, -0.05) is 47.3 Å². The Bertz CT molecular complexity index is 1610. The lowest BCUT2D eigenvalue weighted by Crippen LogP contribution is -2.23. The second-order valence-corrected chi connectivity index (χ2v) is 8.84. The van der Waals surface area contributed by atoms with Gasteiger partial charge in [0.05, 0.1) is 27.3 Å². The molecule has 174 valence electrons. The summed E-state index contributed by atoms with van der Waals surface area (Å²) >= 11 is 1.32. The standard InChI is InChI=1S/C25H19N5O4S/c1-15-6-5-7-16(2)22(15)29-24(31)19-8-3-4-9-20(19)26-25(29)35-14-21-27-23(28-34-21)17-10-12-18(13-11-17)30(32)33/h3-13H,14H2,1-2H3. The minimum Gasteiger partial charge on any atom is -0.338 e. The normalized spacial score (nSPS) is 11.1. The third-order valence-electron chi connectivity index (χ3n) is 5.54. The maximum Gasteiger partial charge on any atom is 0.269 e. The molecule has 0 radical (unpaired) electrons. The van der Waals surface area contributed by atoms with E-state index in [-0.39, 0.29) is 17.0 Å². The van der Waals surface area contributed by atoms with Gasteiger partial charge >= 0.3 is 0 Å². The molecule has 0 aliphatic heterocycles. The van der Waals surface area contributed by atoms with Gasteiger partial charge in [-0.3, -0.25) is 19.5 Å². The van der Waals surface area contributed by atoms with Gasteiger partial charge in [-0.2, -0.15) is 4.98 Å². The fourth-order valence-electron chi connectivity index (χ4n) is 3.85. The van der Waals surface area contributed by atoms with Gasteiger partial charge in [-0.05, 0) is 49.2 Å². The van der Waals surface area contributed by atoms with Crippen molar-refractivity contribution < 1.29 is 9.45 Å². The Kier molecular flexibility index (Phi) is 5.87. The molecule has 35 heavy (non-hydrogen) atoms. The number of nitro benzene ring substituents is 1. The fraction of sp³-hybridized carbons (Fsp3) is 0.120. The Labute approximate surface area is 203 Å². The van der Waals surface area contributed by atoms with Crippen molar-refractivity contribution in [1.82, 2.24) is 19.7 Å². The number of hydrogen-bond donors (Lipinski definition) is 0. The summed E-state index contributed by atoms with van der Waals surface area (Å²) in [5.74, 6) is 0.961. The van der Waals surface area contributed by atoms with Crippen molar-refractivity contribution >= 4 is 28.4 Å². The van der Waals surface area contributed by atoms with Crippen molar-refractivity contribution in [2.75, 3.05) is 0 Å². The smallest absolute Gasteiger partial charge is 0.269 e. The van der Waals surface area contributed by atoms with Crippen LogP contribution >= 0.6 is 11.8 Å². The van der Waals surface area contributed by atoms with Crippen molar-refractivity contribution in [1.29, 1.82) is 0 Å². The van der Waals surface area contributed by atoms with E-state index in [1.54, 1.807) is 22.8 Å². The summed E-state index contributed by atoms with van der Waals surface area (Å²) in [7, 11) is 0. The van der Waals surface area contributed by atoms with E-state index in [0.29, 0.717) is 33.3 Å². The lowest BCUT2D eigenvalue weighted by Gasteiger charge is -2.16. The molecule has 5 aromatic rings. The molecule has 0 atom stereocenters. The number of benzene rings is 3. The molecule has 0 amide bonds. The zero-order chi connectivity index (χ0) is 24.5. The van der Waals surface area contributed by atoms with E-state index in [2.05, 4.69) is 10.1 Å². The van der Waals surface area contributed by atoms with Gasteiger partial charge < -0.3 is 4.52 Å². The van der Waals surface area contributed by atoms with Crippen LogP contribution in [0.2, 0.25) is 0 Å². The summed E-state index contributed by atoms with van der Waals surface area (Å²) in [6.07, 6.45) is 0. The Morgan fingerprint density at radius 2 is 1.69 bits per heavy atom. The minimum atomic E-state index is -0.464. The molecule has 0 aliphatic carbocycles. The molecule has 0 saturated heterocycles. The van der Waals surface area contributed by atoms with Gasteiger partial charge in [-0.15, -0.1) is 0 Å². The molecule has 0 fully saturated rings. The highest BCUT2D eigenvalue weighted by Gasteiger charge is 2.18. The number of hydrogen-bond acceptors (Lipinski definition) is 8. The molecule has 0 saturated carbocycles. The van der Waals surface area contributed by atoms with E-state index in [1.807, 2.05) is 50.2 Å². The predicted octanol–water partition coefficient (Wildman–Crippen LogP) is 5.25. The minimum absolute atomic E-state index is 0.0140. The molecule has 10 heteroatoms. The number of thioether (sulfide) groups is 1. The summed E-state index contributed by atoms with van der Waals surface area (Å²) in [5, 5.41) is 15.9. The number of fused-ring (bicyclic) bond motifs is 1. The summed E-state index contributed by atoms with van der Waals surface area (Å²) in [6.45, 7) is 3.93. The largest absolute Gasteiger partial charge is 0.338 e. The molecule has 9 nitrogen and oxygen atoms in total. The summed E-state index contributed by atoms with van der Waals surface area (Å²) in [6, 6.07) is 19.1. The molecule has 0 unspecified atom stereocenters. The van der Waals surface area contributed by atoms with Crippen molar-refractivity contribution in [3.8, 4) is 17.1 Å². The highest BCUT2D eigenvalue weighted by atomic mass is 32.2. The quantitative estimate of drug-likeness (QED) is 0.138. The number of non-ortho nitro benzene ring substituents is 1. The van der Waals surface area contributed by atoms with Gasteiger partial charge in [0, 0.05) is 17.7 Å². The van der Waals surface area contributed by atoms with Crippen LogP contribution in [0.1, 0.15) is 17.0 Å². The van der Waals surface area contributed by atoms with E-state index < -0.39 is 4.92 Å². The van der Waals surface area contributed by atoms with Crippen LogP contribution in [0.5, 0.6) is 0 Å². The van der Waals surface area contributed by atoms with Crippen LogP contribution < -0.4 is 5.56 Å². The maximum absolute atomic E-state index is 13.5. The first-order chi connectivity index (χ1) is 16.9.